The van der Waals surface area contributed by atoms with Crippen molar-refractivity contribution >= 4 is 5.91 Å². The fraction of sp³-hybridized carbons (Fsp3) is 0.182. The molecule has 0 saturated heterocycles. The number of hydrogen-bond donors (Lipinski definition) is 1. The number of carbonyl (C=O) groups excluding carboxylic acids is 1. The van der Waals surface area contributed by atoms with E-state index in [-0.39, 0.29) is 18.3 Å². The fourth-order valence-corrected chi connectivity index (χ4v) is 1.47. The molecule has 0 unspecified atom stereocenters. The first-order chi connectivity index (χ1) is 8.58. The molecule has 1 heterocycles. The number of benzene rings is 1. The van der Waals surface area contributed by atoms with Crippen LogP contribution in [0.5, 0.6) is 0 Å². The molecule has 0 aliphatic carbocycles. The molecule has 0 saturated carbocycles. The molecular weight excluding hydrogens is 242 g/mol. The van der Waals surface area contributed by atoms with Gasteiger partial charge in [0, 0.05) is 13.6 Å². The number of amides is 1. The van der Waals surface area contributed by atoms with Gasteiger partial charge in [-0.25, -0.2) is 13.8 Å². The smallest absolute Gasteiger partial charge is 0.291 e. The van der Waals surface area contributed by atoms with Crippen molar-refractivity contribution in [1.82, 2.24) is 20.1 Å². The van der Waals surface area contributed by atoms with Crippen LogP contribution in [-0.2, 0) is 6.54 Å². The molecule has 0 atom stereocenters. The van der Waals surface area contributed by atoms with E-state index in [0.29, 0.717) is 5.56 Å². The van der Waals surface area contributed by atoms with Crippen molar-refractivity contribution in [2.45, 2.75) is 6.54 Å². The maximum atomic E-state index is 13.0. The van der Waals surface area contributed by atoms with Crippen molar-refractivity contribution in [3.63, 3.8) is 0 Å². The lowest BCUT2D eigenvalue weighted by molar-refractivity contribution is 0.0773. The largest absolute Gasteiger partial charge is 0.335 e. The van der Waals surface area contributed by atoms with Crippen molar-refractivity contribution in [2.75, 3.05) is 7.05 Å². The number of nitrogens with zero attached hydrogens (tertiary/aromatic N) is 3. The molecule has 94 valence electrons. The van der Waals surface area contributed by atoms with Crippen molar-refractivity contribution in [1.29, 1.82) is 0 Å². The van der Waals surface area contributed by atoms with Crippen LogP contribution in [0.2, 0.25) is 0 Å². The minimum Gasteiger partial charge on any atom is -0.335 e. The third kappa shape index (κ3) is 2.50. The van der Waals surface area contributed by atoms with E-state index >= 15 is 0 Å². The van der Waals surface area contributed by atoms with E-state index in [1.807, 2.05) is 0 Å². The molecule has 2 rings (SSSR count). The number of halogens is 2. The van der Waals surface area contributed by atoms with Crippen molar-refractivity contribution in [2.24, 2.45) is 0 Å². The standard InChI is InChI=1S/C11H10F2N4O/c1-17(11(18)10-14-6-15-16-10)5-7-2-3-8(12)9(13)4-7/h2-4,6H,5H2,1H3,(H,14,15,16). The molecule has 0 spiro atoms. The summed E-state index contributed by atoms with van der Waals surface area (Å²) in [7, 11) is 1.53. The lowest BCUT2D eigenvalue weighted by Gasteiger charge is -2.15. The molecule has 0 aliphatic heterocycles. The molecule has 0 aliphatic rings. The Hall–Kier alpha value is -2.31. The number of aromatic nitrogens is 3. The van der Waals surface area contributed by atoms with Crippen molar-refractivity contribution < 1.29 is 13.6 Å². The van der Waals surface area contributed by atoms with Crippen LogP contribution >= 0.6 is 0 Å². The molecule has 0 bridgehead atoms. The molecule has 1 aromatic carbocycles. The molecule has 1 amide bonds. The summed E-state index contributed by atoms with van der Waals surface area (Å²) in [4.78, 5) is 16.8. The summed E-state index contributed by atoms with van der Waals surface area (Å²) in [6, 6.07) is 3.50. The maximum Gasteiger partial charge on any atom is 0.291 e. The molecular formula is C11H10F2N4O. The summed E-state index contributed by atoms with van der Waals surface area (Å²) < 4.78 is 25.7. The second kappa shape index (κ2) is 4.91. The summed E-state index contributed by atoms with van der Waals surface area (Å²) in [5, 5.41) is 6.00. The predicted octanol–water partition coefficient (Wildman–Crippen LogP) is 1.36. The predicted molar refractivity (Wildman–Crippen MR) is 58.5 cm³/mol. The monoisotopic (exact) mass is 252 g/mol. The van der Waals surface area contributed by atoms with Crippen LogP contribution in [0.4, 0.5) is 8.78 Å². The van der Waals surface area contributed by atoms with Crippen molar-refractivity contribution in [3.8, 4) is 0 Å². The van der Waals surface area contributed by atoms with E-state index in [1.54, 1.807) is 0 Å². The molecule has 1 N–H and O–H groups in total. The fourth-order valence-electron chi connectivity index (χ4n) is 1.47. The van der Waals surface area contributed by atoms with E-state index in [0.717, 1.165) is 12.1 Å². The van der Waals surface area contributed by atoms with Gasteiger partial charge in [0.05, 0.1) is 0 Å². The second-order valence-electron chi connectivity index (χ2n) is 3.74. The van der Waals surface area contributed by atoms with E-state index < -0.39 is 11.6 Å². The summed E-state index contributed by atoms with van der Waals surface area (Å²) in [5.41, 5.74) is 0.490. The van der Waals surface area contributed by atoms with Crippen LogP contribution in [0.3, 0.4) is 0 Å². The zero-order valence-electron chi connectivity index (χ0n) is 9.52. The first-order valence-corrected chi connectivity index (χ1v) is 5.12. The normalized spacial score (nSPS) is 10.4. The average molecular weight is 252 g/mol. The van der Waals surface area contributed by atoms with Crippen LogP contribution in [0, 0.1) is 11.6 Å². The van der Waals surface area contributed by atoms with Gasteiger partial charge in [0.25, 0.3) is 5.91 Å². The van der Waals surface area contributed by atoms with Gasteiger partial charge < -0.3 is 4.90 Å². The average Bonchev–Trinajstić information content (AvgIpc) is 2.86. The van der Waals surface area contributed by atoms with E-state index in [2.05, 4.69) is 15.2 Å². The minimum absolute atomic E-state index is 0.0973. The summed E-state index contributed by atoms with van der Waals surface area (Å²) >= 11 is 0. The minimum atomic E-state index is -0.937. The Morgan fingerprint density at radius 3 is 2.78 bits per heavy atom. The lowest BCUT2D eigenvalue weighted by Crippen LogP contribution is -2.27. The van der Waals surface area contributed by atoms with Gasteiger partial charge in [0.1, 0.15) is 6.33 Å². The van der Waals surface area contributed by atoms with Gasteiger partial charge in [0.2, 0.25) is 5.82 Å². The summed E-state index contributed by atoms with van der Waals surface area (Å²) in [6.07, 6.45) is 1.22. The molecule has 7 heteroatoms. The quantitative estimate of drug-likeness (QED) is 0.897. The zero-order chi connectivity index (χ0) is 13.1. The molecule has 0 radical (unpaired) electrons. The Balaban J connectivity index is 2.09. The Bertz CT molecular complexity index is 556. The molecule has 0 fully saturated rings. The molecule has 18 heavy (non-hydrogen) atoms. The van der Waals surface area contributed by atoms with Crippen LogP contribution in [0.25, 0.3) is 0 Å². The highest BCUT2D eigenvalue weighted by Crippen LogP contribution is 2.11. The highest BCUT2D eigenvalue weighted by atomic mass is 19.2. The topological polar surface area (TPSA) is 61.9 Å². The first-order valence-electron chi connectivity index (χ1n) is 5.12. The maximum absolute atomic E-state index is 13.0. The van der Waals surface area contributed by atoms with Gasteiger partial charge in [-0.15, -0.1) is 0 Å². The van der Waals surface area contributed by atoms with E-state index in [4.69, 9.17) is 0 Å². The Labute approximate surface area is 101 Å². The summed E-state index contributed by atoms with van der Waals surface area (Å²) in [6.45, 7) is 0.150. The highest BCUT2D eigenvalue weighted by molar-refractivity contribution is 5.90. The van der Waals surface area contributed by atoms with Crippen LogP contribution in [-0.4, -0.2) is 33.0 Å². The summed E-state index contributed by atoms with van der Waals surface area (Å²) in [5.74, 6) is -2.13. The number of H-pyrrole nitrogens is 1. The number of nitrogens with one attached hydrogen (secondary N) is 1. The number of carbonyl (C=O) groups is 1. The van der Waals surface area contributed by atoms with Gasteiger partial charge in [-0.2, -0.15) is 5.10 Å². The highest BCUT2D eigenvalue weighted by Gasteiger charge is 2.15. The molecule has 5 nitrogen and oxygen atoms in total. The Morgan fingerprint density at radius 1 is 1.39 bits per heavy atom. The zero-order valence-corrected chi connectivity index (χ0v) is 9.52. The van der Waals surface area contributed by atoms with Gasteiger partial charge in [0.15, 0.2) is 11.6 Å². The third-order valence-electron chi connectivity index (χ3n) is 2.37. The first kappa shape index (κ1) is 12.2. The number of rotatable bonds is 3. The number of hydrogen-bond acceptors (Lipinski definition) is 3. The SMILES string of the molecule is CN(Cc1ccc(F)c(F)c1)C(=O)c1ncn[nH]1. The number of aromatic amines is 1. The Kier molecular flexibility index (Phi) is 3.31. The second-order valence-corrected chi connectivity index (χ2v) is 3.74. The van der Waals surface area contributed by atoms with Gasteiger partial charge >= 0.3 is 0 Å². The van der Waals surface area contributed by atoms with Crippen LogP contribution in [0.1, 0.15) is 16.2 Å². The van der Waals surface area contributed by atoms with Crippen LogP contribution in [0.15, 0.2) is 24.5 Å². The van der Waals surface area contributed by atoms with Gasteiger partial charge in [-0.05, 0) is 17.7 Å². The Morgan fingerprint density at radius 2 is 2.17 bits per heavy atom. The molecule has 2 aromatic rings. The van der Waals surface area contributed by atoms with Gasteiger partial charge in [-0.3, -0.25) is 9.89 Å². The van der Waals surface area contributed by atoms with E-state index in [1.165, 1.54) is 24.3 Å². The van der Waals surface area contributed by atoms with Gasteiger partial charge in [-0.1, -0.05) is 6.07 Å². The van der Waals surface area contributed by atoms with E-state index in [9.17, 15) is 13.6 Å². The lowest BCUT2D eigenvalue weighted by atomic mass is 10.2. The van der Waals surface area contributed by atoms with Crippen molar-refractivity contribution in [3.05, 3.63) is 47.5 Å². The molecule has 1 aromatic heterocycles. The third-order valence-corrected chi connectivity index (χ3v) is 2.37. The van der Waals surface area contributed by atoms with Crippen LogP contribution < -0.4 is 0 Å².